The summed E-state index contributed by atoms with van der Waals surface area (Å²) in [5, 5.41) is 6.18. The van der Waals surface area contributed by atoms with Crippen LogP contribution in [0.15, 0.2) is 12.4 Å². The van der Waals surface area contributed by atoms with Gasteiger partial charge in [-0.1, -0.05) is 0 Å². The second-order valence-electron chi connectivity index (χ2n) is 4.01. The average molecular weight is 254 g/mol. The molecule has 94 valence electrons. The van der Waals surface area contributed by atoms with Crippen LogP contribution in [-0.4, -0.2) is 46.5 Å². The molecule has 1 saturated heterocycles. The summed E-state index contributed by atoms with van der Waals surface area (Å²) in [7, 11) is 0. The summed E-state index contributed by atoms with van der Waals surface area (Å²) in [6, 6.07) is -0.0163. The molecular weight excluding hydrogens is 236 g/mol. The third kappa shape index (κ3) is 4.05. The van der Waals surface area contributed by atoms with Gasteiger partial charge >= 0.3 is 0 Å². The lowest BCUT2D eigenvalue weighted by molar-refractivity contribution is -0.122. The molecule has 2 heterocycles. The van der Waals surface area contributed by atoms with Crippen LogP contribution in [-0.2, 0) is 11.2 Å². The summed E-state index contributed by atoms with van der Waals surface area (Å²) in [5.74, 6) is 3.08. The first-order valence-electron chi connectivity index (χ1n) is 5.93. The van der Waals surface area contributed by atoms with Gasteiger partial charge in [0.2, 0.25) is 5.91 Å². The molecule has 6 heteroatoms. The van der Waals surface area contributed by atoms with Crippen LogP contribution in [0, 0.1) is 0 Å². The number of hydrogen-bond donors (Lipinski definition) is 3. The molecule has 0 spiro atoms. The highest BCUT2D eigenvalue weighted by atomic mass is 32.2. The molecule has 1 amide bonds. The Bertz CT molecular complexity index is 335. The minimum absolute atomic E-state index is 0.0163. The van der Waals surface area contributed by atoms with Crippen molar-refractivity contribution in [1.29, 1.82) is 0 Å². The summed E-state index contributed by atoms with van der Waals surface area (Å²) in [6.45, 7) is 1.64. The van der Waals surface area contributed by atoms with Crippen LogP contribution in [0.3, 0.4) is 0 Å². The second kappa shape index (κ2) is 6.66. The topological polar surface area (TPSA) is 69.8 Å². The summed E-state index contributed by atoms with van der Waals surface area (Å²) in [5.41, 5.74) is 0. The van der Waals surface area contributed by atoms with E-state index in [1.54, 1.807) is 6.20 Å². The lowest BCUT2D eigenvalue weighted by atomic mass is 10.2. The number of hydrogen-bond acceptors (Lipinski definition) is 4. The Morgan fingerprint density at radius 3 is 3.29 bits per heavy atom. The van der Waals surface area contributed by atoms with Crippen molar-refractivity contribution < 1.29 is 4.79 Å². The van der Waals surface area contributed by atoms with E-state index in [2.05, 4.69) is 20.6 Å². The summed E-state index contributed by atoms with van der Waals surface area (Å²) in [4.78, 5) is 18.9. The molecule has 0 aliphatic carbocycles. The Balaban J connectivity index is 1.59. The number of H-pyrrole nitrogens is 1. The van der Waals surface area contributed by atoms with Crippen LogP contribution in [0.1, 0.15) is 12.2 Å². The maximum atomic E-state index is 11.7. The molecule has 2 rings (SSSR count). The number of amides is 1. The molecule has 1 aromatic heterocycles. The van der Waals surface area contributed by atoms with Crippen LogP contribution >= 0.6 is 11.8 Å². The fraction of sp³-hybridized carbons (Fsp3) is 0.636. The smallest absolute Gasteiger partial charge is 0.237 e. The lowest BCUT2D eigenvalue weighted by Crippen LogP contribution is -2.49. The van der Waals surface area contributed by atoms with Gasteiger partial charge in [-0.3, -0.25) is 4.79 Å². The monoisotopic (exact) mass is 254 g/mol. The molecular formula is C11H18N4OS. The van der Waals surface area contributed by atoms with Crippen LogP contribution in [0.2, 0.25) is 0 Å². The zero-order valence-electron chi connectivity index (χ0n) is 9.74. The van der Waals surface area contributed by atoms with Crippen LogP contribution in [0.25, 0.3) is 0 Å². The summed E-state index contributed by atoms with van der Waals surface area (Å²) < 4.78 is 0. The Labute approximate surface area is 105 Å². The van der Waals surface area contributed by atoms with Crippen molar-refractivity contribution in [3.8, 4) is 0 Å². The van der Waals surface area contributed by atoms with E-state index in [4.69, 9.17) is 0 Å². The number of carbonyl (C=O) groups is 1. The minimum atomic E-state index is -0.0163. The van der Waals surface area contributed by atoms with Gasteiger partial charge in [0, 0.05) is 43.4 Å². The molecule has 17 heavy (non-hydrogen) atoms. The van der Waals surface area contributed by atoms with Crippen molar-refractivity contribution in [3.63, 3.8) is 0 Å². The van der Waals surface area contributed by atoms with E-state index in [0.29, 0.717) is 6.54 Å². The number of imidazole rings is 1. The molecule has 1 atom stereocenters. The predicted molar refractivity (Wildman–Crippen MR) is 69.0 cm³/mol. The van der Waals surface area contributed by atoms with Gasteiger partial charge in [-0.15, -0.1) is 0 Å². The first kappa shape index (κ1) is 12.4. The van der Waals surface area contributed by atoms with Gasteiger partial charge in [0.05, 0.1) is 6.04 Å². The number of thioether (sulfide) groups is 1. The molecule has 0 radical (unpaired) electrons. The average Bonchev–Trinajstić information content (AvgIpc) is 2.88. The molecule has 1 aliphatic heterocycles. The standard InChI is InChI=1S/C11H18N4OS/c16-11(9-8-17-7-6-12-9)15-3-1-2-10-13-4-5-14-10/h4-5,9,12H,1-3,6-8H2,(H,13,14)(H,15,16). The number of rotatable bonds is 5. The Morgan fingerprint density at radius 2 is 2.59 bits per heavy atom. The van der Waals surface area contributed by atoms with Crippen LogP contribution in [0.4, 0.5) is 0 Å². The quantitative estimate of drug-likeness (QED) is 0.655. The second-order valence-corrected chi connectivity index (χ2v) is 5.16. The van der Waals surface area contributed by atoms with Crippen LogP contribution < -0.4 is 10.6 Å². The highest BCUT2D eigenvalue weighted by molar-refractivity contribution is 7.99. The van der Waals surface area contributed by atoms with E-state index in [-0.39, 0.29) is 11.9 Å². The van der Waals surface area contributed by atoms with Gasteiger partial charge in [-0.25, -0.2) is 4.98 Å². The molecule has 5 nitrogen and oxygen atoms in total. The Kier molecular flexibility index (Phi) is 4.88. The SMILES string of the molecule is O=C(NCCCc1ncc[nH]1)C1CSCCN1. The van der Waals surface area contributed by atoms with Crippen molar-refractivity contribution in [1.82, 2.24) is 20.6 Å². The van der Waals surface area contributed by atoms with E-state index in [0.717, 1.165) is 36.7 Å². The first-order valence-corrected chi connectivity index (χ1v) is 7.09. The molecule has 0 aromatic carbocycles. The van der Waals surface area contributed by atoms with E-state index < -0.39 is 0 Å². The third-order valence-corrected chi connectivity index (χ3v) is 3.74. The number of nitrogens with zero attached hydrogens (tertiary/aromatic N) is 1. The van der Waals surface area contributed by atoms with Crippen molar-refractivity contribution in [2.75, 3.05) is 24.6 Å². The van der Waals surface area contributed by atoms with E-state index in [1.165, 1.54) is 0 Å². The molecule has 0 saturated carbocycles. The summed E-state index contributed by atoms with van der Waals surface area (Å²) in [6.07, 6.45) is 5.35. The number of nitrogens with one attached hydrogen (secondary N) is 3. The largest absolute Gasteiger partial charge is 0.355 e. The van der Waals surface area contributed by atoms with Gasteiger partial charge in [0.1, 0.15) is 5.82 Å². The predicted octanol–water partition coefficient (Wildman–Crippen LogP) is 0.163. The molecule has 1 unspecified atom stereocenters. The fourth-order valence-electron chi connectivity index (χ4n) is 1.76. The highest BCUT2D eigenvalue weighted by Gasteiger charge is 2.19. The molecule has 1 fully saturated rings. The van der Waals surface area contributed by atoms with Crippen molar-refractivity contribution in [2.45, 2.75) is 18.9 Å². The minimum Gasteiger partial charge on any atom is -0.355 e. The fourth-order valence-corrected chi connectivity index (χ4v) is 2.69. The van der Waals surface area contributed by atoms with Crippen molar-refractivity contribution in [3.05, 3.63) is 18.2 Å². The number of carbonyl (C=O) groups excluding carboxylic acids is 1. The highest BCUT2D eigenvalue weighted by Crippen LogP contribution is 2.07. The molecule has 0 bridgehead atoms. The van der Waals surface area contributed by atoms with E-state index in [1.807, 2.05) is 18.0 Å². The normalized spacial score (nSPS) is 20.1. The lowest BCUT2D eigenvalue weighted by Gasteiger charge is -2.22. The molecule has 1 aromatic rings. The first-order chi connectivity index (χ1) is 8.36. The van der Waals surface area contributed by atoms with Crippen LogP contribution in [0.5, 0.6) is 0 Å². The maximum Gasteiger partial charge on any atom is 0.237 e. The van der Waals surface area contributed by atoms with Gasteiger partial charge in [0.15, 0.2) is 0 Å². The molecule has 3 N–H and O–H groups in total. The number of aromatic nitrogens is 2. The van der Waals surface area contributed by atoms with E-state index >= 15 is 0 Å². The molecule has 1 aliphatic rings. The Hall–Kier alpha value is -1.01. The van der Waals surface area contributed by atoms with Crippen molar-refractivity contribution in [2.24, 2.45) is 0 Å². The van der Waals surface area contributed by atoms with Gasteiger partial charge in [-0.05, 0) is 6.42 Å². The van der Waals surface area contributed by atoms with E-state index in [9.17, 15) is 4.79 Å². The van der Waals surface area contributed by atoms with Gasteiger partial charge < -0.3 is 15.6 Å². The zero-order valence-corrected chi connectivity index (χ0v) is 10.6. The Morgan fingerprint density at radius 1 is 1.65 bits per heavy atom. The third-order valence-electron chi connectivity index (χ3n) is 2.68. The zero-order chi connectivity index (χ0) is 11.9. The van der Waals surface area contributed by atoms with Gasteiger partial charge in [-0.2, -0.15) is 11.8 Å². The van der Waals surface area contributed by atoms with Crippen molar-refractivity contribution >= 4 is 17.7 Å². The summed E-state index contributed by atoms with van der Waals surface area (Å²) >= 11 is 1.83. The van der Waals surface area contributed by atoms with Gasteiger partial charge in [0.25, 0.3) is 0 Å². The number of aromatic amines is 1. The number of aryl methyl sites for hydroxylation is 1. The maximum absolute atomic E-state index is 11.7.